The molecule has 0 spiro atoms. The molecule has 1 aliphatic heterocycles. The molecule has 0 saturated carbocycles. The lowest BCUT2D eigenvalue weighted by Gasteiger charge is -2.26. The Balaban J connectivity index is 1.38. The molecule has 2 aromatic heterocycles. The summed E-state index contributed by atoms with van der Waals surface area (Å²) in [5.41, 5.74) is 0.791. The number of piperidine rings is 1. The summed E-state index contributed by atoms with van der Waals surface area (Å²) in [6, 6.07) is 1.79. The number of carbonyl (C=O) groups is 1. The van der Waals surface area contributed by atoms with Gasteiger partial charge in [-0.1, -0.05) is 6.42 Å². The lowest BCUT2D eigenvalue weighted by atomic mass is 10.1. The first-order chi connectivity index (χ1) is 11.7. The van der Waals surface area contributed by atoms with E-state index in [9.17, 15) is 4.79 Å². The van der Waals surface area contributed by atoms with Crippen LogP contribution in [0.5, 0.6) is 0 Å². The van der Waals surface area contributed by atoms with E-state index in [2.05, 4.69) is 20.4 Å². The predicted octanol–water partition coefficient (Wildman–Crippen LogP) is 2.17. The van der Waals surface area contributed by atoms with Crippen LogP contribution in [0.3, 0.4) is 0 Å². The second-order valence-electron chi connectivity index (χ2n) is 6.14. The number of aryl methyl sites for hydroxylation is 2. The van der Waals surface area contributed by atoms with Gasteiger partial charge in [0.1, 0.15) is 5.76 Å². The van der Waals surface area contributed by atoms with Crippen molar-refractivity contribution in [1.82, 2.24) is 20.4 Å². The van der Waals surface area contributed by atoms with Crippen molar-refractivity contribution in [3.05, 3.63) is 24.0 Å². The van der Waals surface area contributed by atoms with Gasteiger partial charge in [-0.25, -0.2) is 0 Å². The molecule has 3 heterocycles. The highest BCUT2D eigenvalue weighted by molar-refractivity contribution is 5.76. The fraction of sp³-hybridized carbons (Fsp3) is 0.588. The molecule has 130 valence electrons. The van der Waals surface area contributed by atoms with E-state index in [1.807, 2.05) is 6.92 Å². The van der Waals surface area contributed by atoms with E-state index in [1.54, 1.807) is 12.3 Å². The van der Waals surface area contributed by atoms with Gasteiger partial charge in [-0.2, -0.15) is 0 Å². The molecule has 7 nitrogen and oxygen atoms in total. The highest BCUT2D eigenvalue weighted by Gasteiger charge is 2.14. The third-order valence-electron chi connectivity index (χ3n) is 4.32. The van der Waals surface area contributed by atoms with Gasteiger partial charge >= 0.3 is 0 Å². The zero-order valence-electron chi connectivity index (χ0n) is 14.1. The van der Waals surface area contributed by atoms with Gasteiger partial charge in [0.05, 0.1) is 11.8 Å². The highest BCUT2D eigenvalue weighted by Crippen LogP contribution is 2.22. The number of aromatic nitrogens is 2. The average molecular weight is 332 g/mol. The Hall–Kier alpha value is -2.15. The van der Waals surface area contributed by atoms with Crippen LogP contribution in [0.2, 0.25) is 0 Å². The van der Waals surface area contributed by atoms with E-state index in [0.29, 0.717) is 31.2 Å². The van der Waals surface area contributed by atoms with Crippen molar-refractivity contribution in [2.24, 2.45) is 0 Å². The number of rotatable bonds is 7. The van der Waals surface area contributed by atoms with E-state index in [4.69, 9.17) is 8.83 Å². The number of hydrogen-bond donors (Lipinski definition) is 1. The summed E-state index contributed by atoms with van der Waals surface area (Å²) < 4.78 is 10.8. The third kappa shape index (κ3) is 4.44. The molecule has 1 fully saturated rings. The molecule has 1 saturated heterocycles. The summed E-state index contributed by atoms with van der Waals surface area (Å²) in [5.74, 6) is 1.66. The van der Waals surface area contributed by atoms with Crippen molar-refractivity contribution in [2.45, 2.75) is 39.0 Å². The number of nitrogens with zero attached hydrogens (tertiary/aromatic N) is 3. The van der Waals surface area contributed by atoms with Gasteiger partial charge < -0.3 is 19.1 Å². The third-order valence-corrected chi connectivity index (χ3v) is 4.32. The molecule has 7 heteroatoms. The maximum absolute atomic E-state index is 11.9. The van der Waals surface area contributed by atoms with Crippen LogP contribution < -0.4 is 5.32 Å². The molecule has 0 bridgehead atoms. The molecule has 0 unspecified atom stereocenters. The van der Waals surface area contributed by atoms with Crippen LogP contribution in [0, 0.1) is 6.92 Å². The topological polar surface area (TPSA) is 84.4 Å². The van der Waals surface area contributed by atoms with Crippen molar-refractivity contribution < 1.29 is 13.6 Å². The molecular formula is C17H24N4O3. The van der Waals surface area contributed by atoms with Crippen LogP contribution in [0.15, 0.2) is 21.2 Å². The number of amides is 1. The molecule has 2 aromatic rings. The van der Waals surface area contributed by atoms with Crippen molar-refractivity contribution in [2.75, 3.05) is 26.2 Å². The normalized spacial score (nSPS) is 15.5. The summed E-state index contributed by atoms with van der Waals surface area (Å²) in [6.07, 6.45) is 6.25. The number of carbonyl (C=O) groups excluding carboxylic acids is 1. The van der Waals surface area contributed by atoms with E-state index in [1.165, 1.54) is 19.3 Å². The van der Waals surface area contributed by atoms with Gasteiger partial charge in [0.2, 0.25) is 11.8 Å². The second-order valence-corrected chi connectivity index (χ2v) is 6.14. The Morgan fingerprint density at radius 2 is 2.12 bits per heavy atom. The minimum Gasteiger partial charge on any atom is -0.469 e. The lowest BCUT2D eigenvalue weighted by molar-refractivity contribution is -0.121. The van der Waals surface area contributed by atoms with Crippen molar-refractivity contribution in [3.8, 4) is 11.5 Å². The summed E-state index contributed by atoms with van der Waals surface area (Å²) in [4.78, 5) is 14.3. The minimum atomic E-state index is 0.0197. The van der Waals surface area contributed by atoms with Gasteiger partial charge in [0, 0.05) is 25.9 Å². The summed E-state index contributed by atoms with van der Waals surface area (Å²) >= 11 is 0. The van der Waals surface area contributed by atoms with Crippen LogP contribution >= 0.6 is 0 Å². The molecule has 1 amide bonds. The van der Waals surface area contributed by atoms with Gasteiger partial charge in [0.15, 0.2) is 0 Å². The zero-order valence-corrected chi connectivity index (χ0v) is 14.1. The maximum atomic E-state index is 11.9. The molecule has 0 radical (unpaired) electrons. The SMILES string of the molecule is Cc1occc1-c1nnc(CCC(=O)NCCN2CCCCC2)o1. The monoisotopic (exact) mass is 332 g/mol. The van der Waals surface area contributed by atoms with Crippen LogP contribution in [-0.2, 0) is 11.2 Å². The van der Waals surface area contributed by atoms with Crippen LogP contribution in [-0.4, -0.2) is 47.2 Å². The second kappa shape index (κ2) is 8.10. The summed E-state index contributed by atoms with van der Waals surface area (Å²) in [6.45, 7) is 5.76. The van der Waals surface area contributed by atoms with E-state index in [-0.39, 0.29) is 5.91 Å². The smallest absolute Gasteiger partial charge is 0.251 e. The van der Waals surface area contributed by atoms with Crippen molar-refractivity contribution in [1.29, 1.82) is 0 Å². The highest BCUT2D eigenvalue weighted by atomic mass is 16.4. The molecule has 0 aliphatic carbocycles. The molecule has 24 heavy (non-hydrogen) atoms. The van der Waals surface area contributed by atoms with E-state index < -0.39 is 0 Å². The Labute approximate surface area is 141 Å². The van der Waals surface area contributed by atoms with Crippen LogP contribution in [0.1, 0.15) is 37.3 Å². The van der Waals surface area contributed by atoms with Crippen LogP contribution in [0.25, 0.3) is 11.5 Å². The average Bonchev–Trinajstić information content (AvgIpc) is 3.22. The fourth-order valence-electron chi connectivity index (χ4n) is 2.92. The molecule has 0 aromatic carbocycles. The quantitative estimate of drug-likeness (QED) is 0.836. The van der Waals surface area contributed by atoms with Crippen molar-refractivity contribution in [3.63, 3.8) is 0 Å². The zero-order chi connectivity index (χ0) is 16.8. The molecule has 1 N–H and O–H groups in total. The molecular weight excluding hydrogens is 308 g/mol. The number of hydrogen-bond acceptors (Lipinski definition) is 6. The fourth-order valence-corrected chi connectivity index (χ4v) is 2.92. The molecule has 3 rings (SSSR count). The van der Waals surface area contributed by atoms with Gasteiger partial charge in [-0.3, -0.25) is 4.79 Å². The van der Waals surface area contributed by atoms with Gasteiger partial charge in [-0.05, 0) is 38.9 Å². The minimum absolute atomic E-state index is 0.0197. The Morgan fingerprint density at radius 1 is 1.29 bits per heavy atom. The first-order valence-corrected chi connectivity index (χ1v) is 8.58. The largest absolute Gasteiger partial charge is 0.469 e. The molecule has 1 aliphatic rings. The standard InChI is InChI=1S/C17H24N4O3/c1-13-14(7-12-23-13)17-20-19-16(24-17)6-5-15(22)18-8-11-21-9-3-2-4-10-21/h7,12H,2-6,8-11H2,1H3,(H,18,22). The Bertz CT molecular complexity index is 658. The first-order valence-electron chi connectivity index (χ1n) is 8.58. The van der Waals surface area contributed by atoms with E-state index >= 15 is 0 Å². The summed E-state index contributed by atoms with van der Waals surface area (Å²) in [5, 5.41) is 11.0. The summed E-state index contributed by atoms with van der Waals surface area (Å²) in [7, 11) is 0. The Morgan fingerprint density at radius 3 is 2.88 bits per heavy atom. The molecule has 0 atom stereocenters. The van der Waals surface area contributed by atoms with Gasteiger partial charge in [-0.15, -0.1) is 10.2 Å². The number of likely N-dealkylation sites (tertiary alicyclic amines) is 1. The maximum Gasteiger partial charge on any atom is 0.251 e. The van der Waals surface area contributed by atoms with E-state index in [0.717, 1.165) is 31.0 Å². The predicted molar refractivity (Wildman–Crippen MR) is 88.4 cm³/mol. The number of furan rings is 1. The Kier molecular flexibility index (Phi) is 5.63. The van der Waals surface area contributed by atoms with Crippen LogP contribution in [0.4, 0.5) is 0 Å². The lowest BCUT2D eigenvalue weighted by Crippen LogP contribution is -2.37. The van der Waals surface area contributed by atoms with Crippen molar-refractivity contribution >= 4 is 5.91 Å². The first kappa shape index (κ1) is 16.7. The number of nitrogens with one attached hydrogen (secondary N) is 1. The van der Waals surface area contributed by atoms with Gasteiger partial charge in [0.25, 0.3) is 5.89 Å².